The van der Waals surface area contributed by atoms with Gasteiger partial charge in [-0.15, -0.1) is 0 Å². The van der Waals surface area contributed by atoms with Gasteiger partial charge in [0.2, 0.25) is 5.91 Å². The van der Waals surface area contributed by atoms with Crippen molar-refractivity contribution >= 4 is 11.9 Å². The molecular formula is C16H28N2O3. The summed E-state index contributed by atoms with van der Waals surface area (Å²) in [4.78, 5) is 25.0. The zero-order chi connectivity index (χ0) is 15.2. The summed E-state index contributed by atoms with van der Waals surface area (Å²) in [6, 6.07) is -0.133. The number of nitrogens with zero attached hydrogens (tertiary/aromatic N) is 1. The highest BCUT2D eigenvalue weighted by molar-refractivity contribution is 5.76. The maximum atomic E-state index is 11.9. The Labute approximate surface area is 127 Å². The molecule has 2 saturated carbocycles. The number of hydrogen-bond acceptors (Lipinski definition) is 3. The van der Waals surface area contributed by atoms with E-state index in [9.17, 15) is 9.59 Å². The maximum absolute atomic E-state index is 11.9. The summed E-state index contributed by atoms with van der Waals surface area (Å²) in [6.45, 7) is 3.05. The van der Waals surface area contributed by atoms with Crippen LogP contribution in [0.1, 0.15) is 58.3 Å². The molecule has 0 radical (unpaired) electrons. The van der Waals surface area contributed by atoms with Crippen molar-refractivity contribution in [3.63, 3.8) is 0 Å². The lowest BCUT2D eigenvalue weighted by Crippen LogP contribution is -2.42. The van der Waals surface area contributed by atoms with Gasteiger partial charge in [0.25, 0.3) is 0 Å². The fraction of sp³-hybridized carbons (Fsp3) is 0.875. The molecule has 2 aliphatic rings. The van der Waals surface area contributed by atoms with Crippen LogP contribution in [0.3, 0.4) is 0 Å². The van der Waals surface area contributed by atoms with Crippen molar-refractivity contribution in [1.29, 1.82) is 0 Å². The summed E-state index contributed by atoms with van der Waals surface area (Å²) in [7, 11) is 0. The molecular weight excluding hydrogens is 268 g/mol. The first-order valence-corrected chi connectivity index (χ1v) is 8.33. The quantitative estimate of drug-likeness (QED) is 0.719. The number of amides is 1. The van der Waals surface area contributed by atoms with Gasteiger partial charge in [-0.3, -0.25) is 14.5 Å². The highest BCUT2D eigenvalue weighted by Crippen LogP contribution is 2.28. The Hall–Kier alpha value is -1.10. The van der Waals surface area contributed by atoms with E-state index in [1.165, 1.54) is 32.1 Å². The van der Waals surface area contributed by atoms with Crippen LogP contribution in [-0.2, 0) is 9.59 Å². The molecule has 0 aromatic rings. The van der Waals surface area contributed by atoms with E-state index in [2.05, 4.69) is 5.32 Å². The average Bonchev–Trinajstić information content (AvgIpc) is 3.31. The average molecular weight is 296 g/mol. The minimum atomic E-state index is -0.801. The van der Waals surface area contributed by atoms with Gasteiger partial charge < -0.3 is 10.4 Å². The lowest BCUT2D eigenvalue weighted by Gasteiger charge is -2.26. The Morgan fingerprint density at radius 1 is 1.19 bits per heavy atom. The van der Waals surface area contributed by atoms with Crippen molar-refractivity contribution in [2.24, 2.45) is 5.92 Å². The van der Waals surface area contributed by atoms with Crippen LogP contribution in [0, 0.1) is 5.92 Å². The van der Waals surface area contributed by atoms with Crippen LogP contribution in [0.15, 0.2) is 0 Å². The minimum Gasteiger partial charge on any atom is -0.480 e. The number of carboxylic acids is 1. The van der Waals surface area contributed by atoms with Crippen LogP contribution >= 0.6 is 0 Å². The molecule has 0 saturated heterocycles. The van der Waals surface area contributed by atoms with Gasteiger partial charge in [0, 0.05) is 25.6 Å². The molecule has 0 aromatic carbocycles. The Morgan fingerprint density at radius 3 is 2.43 bits per heavy atom. The minimum absolute atomic E-state index is 0.0591. The largest absolute Gasteiger partial charge is 0.480 e. The van der Waals surface area contributed by atoms with Crippen LogP contribution in [0.4, 0.5) is 0 Å². The second kappa shape index (κ2) is 7.78. The third kappa shape index (κ3) is 5.30. The highest BCUT2D eigenvalue weighted by Gasteiger charge is 2.34. The Bertz CT molecular complexity index is 363. The summed E-state index contributed by atoms with van der Waals surface area (Å²) in [5.74, 6) is -0.103. The molecule has 1 amide bonds. The lowest BCUT2D eigenvalue weighted by molar-refractivity contribution is -0.143. The summed E-state index contributed by atoms with van der Waals surface area (Å²) >= 11 is 0. The predicted octanol–water partition coefficient (Wildman–Crippen LogP) is 2.01. The molecule has 2 fully saturated rings. The van der Waals surface area contributed by atoms with Crippen molar-refractivity contribution in [2.75, 3.05) is 13.1 Å². The first-order valence-electron chi connectivity index (χ1n) is 8.33. The van der Waals surface area contributed by atoms with Crippen LogP contribution in [0.25, 0.3) is 0 Å². The van der Waals surface area contributed by atoms with Crippen molar-refractivity contribution < 1.29 is 14.7 Å². The number of carbonyl (C=O) groups is 2. The first-order chi connectivity index (χ1) is 10.1. The molecule has 5 nitrogen and oxygen atoms in total. The Morgan fingerprint density at radius 2 is 1.86 bits per heavy atom. The standard InChI is InChI=1S/C16H28N2O3/c1-12(16(20)21)18(14-7-8-14)10-9-15(19)17-11-13-5-3-2-4-6-13/h12-14H,2-11H2,1H3,(H,17,19)(H,20,21). The van der Waals surface area contributed by atoms with Gasteiger partial charge in [-0.2, -0.15) is 0 Å². The van der Waals surface area contributed by atoms with E-state index < -0.39 is 12.0 Å². The zero-order valence-electron chi connectivity index (χ0n) is 13.0. The van der Waals surface area contributed by atoms with Gasteiger partial charge in [-0.05, 0) is 38.5 Å². The fourth-order valence-corrected chi connectivity index (χ4v) is 3.21. The number of nitrogens with one attached hydrogen (secondary N) is 1. The molecule has 0 bridgehead atoms. The van der Waals surface area contributed by atoms with E-state index in [1.54, 1.807) is 6.92 Å². The first kappa shape index (κ1) is 16.3. The van der Waals surface area contributed by atoms with Crippen molar-refractivity contribution in [2.45, 2.75) is 70.4 Å². The molecule has 1 atom stereocenters. The molecule has 21 heavy (non-hydrogen) atoms. The third-order valence-corrected chi connectivity index (χ3v) is 4.78. The SMILES string of the molecule is CC(C(=O)O)N(CCC(=O)NCC1CCCCC1)C1CC1. The molecule has 2 rings (SSSR count). The summed E-state index contributed by atoms with van der Waals surface area (Å²) in [5.41, 5.74) is 0. The van der Waals surface area contributed by atoms with Crippen LogP contribution < -0.4 is 5.32 Å². The fourth-order valence-electron chi connectivity index (χ4n) is 3.21. The molecule has 0 spiro atoms. The van der Waals surface area contributed by atoms with Crippen molar-refractivity contribution in [3.8, 4) is 0 Å². The summed E-state index contributed by atoms with van der Waals surface area (Å²) < 4.78 is 0. The molecule has 0 aliphatic heterocycles. The predicted molar refractivity (Wildman–Crippen MR) is 81.0 cm³/mol. The molecule has 0 heterocycles. The number of hydrogen-bond donors (Lipinski definition) is 2. The number of aliphatic carboxylic acids is 1. The Kier molecular flexibility index (Phi) is 6.03. The molecule has 5 heteroatoms. The zero-order valence-corrected chi connectivity index (χ0v) is 13.0. The monoisotopic (exact) mass is 296 g/mol. The van der Waals surface area contributed by atoms with E-state index in [0.717, 1.165) is 19.4 Å². The third-order valence-electron chi connectivity index (χ3n) is 4.78. The molecule has 0 aromatic heterocycles. The van der Waals surface area contributed by atoms with Crippen molar-refractivity contribution in [3.05, 3.63) is 0 Å². The van der Waals surface area contributed by atoms with E-state index >= 15 is 0 Å². The molecule has 1 unspecified atom stereocenters. The van der Waals surface area contributed by atoms with Gasteiger partial charge in [-0.1, -0.05) is 19.3 Å². The van der Waals surface area contributed by atoms with E-state index in [-0.39, 0.29) is 5.91 Å². The lowest BCUT2D eigenvalue weighted by atomic mass is 9.89. The number of rotatable bonds is 8. The number of carboxylic acid groups (broad SMARTS) is 1. The maximum Gasteiger partial charge on any atom is 0.320 e. The molecule has 120 valence electrons. The van der Waals surface area contributed by atoms with Gasteiger partial charge in [-0.25, -0.2) is 0 Å². The molecule has 2 N–H and O–H groups in total. The Balaban J connectivity index is 1.67. The van der Waals surface area contributed by atoms with Crippen molar-refractivity contribution in [1.82, 2.24) is 10.2 Å². The van der Waals surface area contributed by atoms with Gasteiger partial charge in [0.15, 0.2) is 0 Å². The van der Waals surface area contributed by atoms with Crippen LogP contribution in [0.5, 0.6) is 0 Å². The van der Waals surface area contributed by atoms with E-state index in [4.69, 9.17) is 5.11 Å². The normalized spacial score (nSPS) is 21.2. The second-order valence-corrected chi connectivity index (χ2v) is 6.54. The van der Waals surface area contributed by atoms with Gasteiger partial charge in [0.1, 0.15) is 6.04 Å². The van der Waals surface area contributed by atoms with Crippen LogP contribution in [-0.4, -0.2) is 47.1 Å². The summed E-state index contributed by atoms with van der Waals surface area (Å²) in [6.07, 6.45) is 8.87. The topological polar surface area (TPSA) is 69.6 Å². The van der Waals surface area contributed by atoms with E-state index in [0.29, 0.717) is 24.9 Å². The second-order valence-electron chi connectivity index (χ2n) is 6.54. The van der Waals surface area contributed by atoms with Gasteiger partial charge >= 0.3 is 5.97 Å². The highest BCUT2D eigenvalue weighted by atomic mass is 16.4. The molecule has 2 aliphatic carbocycles. The van der Waals surface area contributed by atoms with Gasteiger partial charge in [0.05, 0.1) is 0 Å². The smallest absolute Gasteiger partial charge is 0.320 e. The number of carbonyl (C=O) groups excluding carboxylic acids is 1. The summed E-state index contributed by atoms with van der Waals surface area (Å²) in [5, 5.41) is 12.1. The van der Waals surface area contributed by atoms with E-state index in [1.807, 2.05) is 4.90 Å². The van der Waals surface area contributed by atoms with Crippen LogP contribution in [0.2, 0.25) is 0 Å².